The van der Waals surface area contributed by atoms with Crippen molar-refractivity contribution >= 4 is 11.6 Å². The van der Waals surface area contributed by atoms with Crippen LogP contribution in [0.4, 0.5) is 13.2 Å². The molecule has 0 spiro atoms. The van der Waals surface area contributed by atoms with Crippen LogP contribution >= 0.6 is 11.6 Å². The predicted molar refractivity (Wildman–Crippen MR) is 94.4 cm³/mol. The maximum Gasteiger partial charge on any atom is 0.0406 e. The summed E-state index contributed by atoms with van der Waals surface area (Å²) in [6.07, 6.45) is -3.81. The van der Waals surface area contributed by atoms with Crippen molar-refractivity contribution in [2.24, 2.45) is 12.8 Å². The molecule has 0 aliphatic carbocycles. The van der Waals surface area contributed by atoms with Gasteiger partial charge in [-0.25, -0.2) is 0 Å². The Kier molecular flexibility index (Phi) is 7.59. The van der Waals surface area contributed by atoms with E-state index in [-0.39, 0.29) is 0 Å². The summed E-state index contributed by atoms with van der Waals surface area (Å²) in [5.74, 6) is 0.724. The molecule has 0 fully saturated rings. The topological polar surface area (TPSA) is 59.6 Å². The fourth-order valence-corrected chi connectivity index (χ4v) is 2.70. The number of aromatic nitrogens is 3. The molecule has 0 amide bonds. The van der Waals surface area contributed by atoms with E-state index in [1.165, 1.54) is 12.1 Å². The van der Waals surface area contributed by atoms with Gasteiger partial charge in [0.25, 0.3) is 0 Å². The third-order valence-electron chi connectivity index (χ3n) is 3.57. The average molecular weight is 578 g/mol. The van der Waals surface area contributed by atoms with E-state index in [4.69, 9.17) is 17.3 Å². The summed E-state index contributed by atoms with van der Waals surface area (Å²) >= 11 is 7.69. The number of aromatic amines is 1. The molecule has 2 aromatic carbocycles. The van der Waals surface area contributed by atoms with E-state index in [1.807, 2.05) is 31.3 Å². The number of rotatable bonds is 3. The first-order chi connectivity index (χ1) is 12.7. The molecule has 0 saturated carbocycles. The molecule has 27 heavy (non-hydrogen) atoms. The second-order valence-electron chi connectivity index (χ2n) is 5.67. The van der Waals surface area contributed by atoms with E-state index in [0.29, 0.717) is 13.0 Å². The summed E-state index contributed by atoms with van der Waals surface area (Å²) in [6.45, 7) is 0.581. The predicted octanol–water partition coefficient (Wildman–Crippen LogP) is 4.24. The molecule has 1 heterocycles. The average Bonchev–Trinajstić information content (AvgIpc) is 2.93. The SMILES string of the molecule is Cn1[nH]c(Cc2ccc(C(F)(F)F)cc2)n[c]1=[Pt].NCc1ccc(Cl)cc1. The van der Waals surface area contributed by atoms with Crippen LogP contribution in [0.25, 0.3) is 0 Å². The number of halogens is 4. The fraction of sp³-hybridized carbons (Fsp3) is 0.222. The van der Waals surface area contributed by atoms with Crippen LogP contribution in [0.3, 0.4) is 0 Å². The Bertz CT molecular complexity index is 916. The largest absolute Gasteiger partial charge is 0.326 e. The number of nitrogens with zero attached hydrogens (tertiary/aromatic N) is 2. The monoisotopic (exact) mass is 577 g/mol. The van der Waals surface area contributed by atoms with Crippen molar-refractivity contribution in [1.82, 2.24) is 14.8 Å². The zero-order valence-electron chi connectivity index (χ0n) is 14.3. The van der Waals surface area contributed by atoms with Crippen molar-refractivity contribution in [3.8, 4) is 0 Å². The van der Waals surface area contributed by atoms with Gasteiger partial charge in [-0.3, -0.25) is 0 Å². The Morgan fingerprint density at radius 1 is 1.07 bits per heavy atom. The molecule has 0 aliphatic rings. The summed E-state index contributed by atoms with van der Waals surface area (Å²) in [4.78, 5) is 4.25. The van der Waals surface area contributed by atoms with Gasteiger partial charge in [-0.05, 0) is 17.7 Å². The van der Waals surface area contributed by atoms with E-state index in [1.54, 1.807) is 4.68 Å². The zero-order valence-corrected chi connectivity index (χ0v) is 17.4. The maximum absolute atomic E-state index is 12.4. The minimum absolute atomic E-state index is 0.481. The van der Waals surface area contributed by atoms with Crippen LogP contribution in [0.2, 0.25) is 5.02 Å². The summed E-state index contributed by atoms with van der Waals surface area (Å²) in [5, 5.41) is 3.77. The molecule has 9 heteroatoms. The Balaban J connectivity index is 0.000000244. The zero-order chi connectivity index (χ0) is 20.0. The van der Waals surface area contributed by atoms with Crippen LogP contribution in [0.15, 0.2) is 48.5 Å². The number of H-pyrrole nitrogens is 1. The molecule has 3 N–H and O–H groups in total. The van der Waals surface area contributed by atoms with Crippen molar-refractivity contribution in [2.75, 3.05) is 0 Å². The molecule has 0 atom stereocenters. The van der Waals surface area contributed by atoms with Crippen molar-refractivity contribution in [3.63, 3.8) is 0 Å². The van der Waals surface area contributed by atoms with Crippen LogP contribution < -0.4 is 5.73 Å². The molecule has 0 radical (unpaired) electrons. The molecule has 3 aromatic rings. The normalized spacial score (nSPS) is 11.1. The molecule has 0 aliphatic heterocycles. The van der Waals surface area contributed by atoms with E-state index in [9.17, 15) is 13.2 Å². The van der Waals surface area contributed by atoms with Crippen LogP contribution in [0.5, 0.6) is 0 Å². The number of hydrogen-bond donors (Lipinski definition) is 2. The van der Waals surface area contributed by atoms with Crippen molar-refractivity contribution in [2.45, 2.75) is 19.1 Å². The fourth-order valence-electron chi connectivity index (χ4n) is 2.14. The third-order valence-corrected chi connectivity index (χ3v) is 4.84. The van der Waals surface area contributed by atoms with Crippen LogP contribution in [0, 0.1) is 3.80 Å². The first kappa shape index (κ1) is 21.6. The summed E-state index contributed by atoms with van der Waals surface area (Å²) in [7, 11) is 1.82. The first-order valence-corrected chi connectivity index (χ1v) is 9.38. The second-order valence-corrected chi connectivity index (χ2v) is 7.13. The molecule has 148 valence electrons. The smallest absolute Gasteiger partial charge is 0.0406 e. The number of alkyl halides is 3. The van der Waals surface area contributed by atoms with Gasteiger partial charge in [0.1, 0.15) is 0 Å². The number of benzene rings is 2. The number of aryl methyl sites for hydroxylation is 1. The number of nitrogens with one attached hydrogen (secondary N) is 1. The Morgan fingerprint density at radius 2 is 1.63 bits per heavy atom. The molecular weight excluding hydrogens is 560 g/mol. The molecule has 0 saturated heterocycles. The quantitative estimate of drug-likeness (QED) is 0.490. The van der Waals surface area contributed by atoms with Gasteiger partial charge in [0, 0.05) is 11.6 Å². The van der Waals surface area contributed by atoms with Gasteiger partial charge in [-0.2, -0.15) is 0 Å². The summed E-state index contributed by atoms with van der Waals surface area (Å²) in [5.41, 5.74) is 6.62. The minimum atomic E-state index is -4.29. The molecule has 0 unspecified atom stereocenters. The van der Waals surface area contributed by atoms with Crippen molar-refractivity contribution < 1.29 is 32.5 Å². The minimum Gasteiger partial charge on any atom is -0.326 e. The Hall–Kier alpha value is -1.69. The van der Waals surface area contributed by atoms with Gasteiger partial charge in [-0.1, -0.05) is 23.7 Å². The summed E-state index contributed by atoms with van der Waals surface area (Å²) < 4.78 is 39.7. The maximum atomic E-state index is 12.4. The first-order valence-electron chi connectivity index (χ1n) is 7.87. The molecule has 4 nitrogen and oxygen atoms in total. The van der Waals surface area contributed by atoms with E-state index >= 15 is 0 Å². The second kappa shape index (κ2) is 9.49. The van der Waals surface area contributed by atoms with Crippen LogP contribution in [0.1, 0.15) is 22.5 Å². The van der Waals surface area contributed by atoms with Crippen LogP contribution in [-0.4, -0.2) is 14.8 Å². The number of nitrogens with two attached hydrogens (primary N) is 1. The van der Waals surface area contributed by atoms with Crippen molar-refractivity contribution in [1.29, 1.82) is 0 Å². The van der Waals surface area contributed by atoms with E-state index in [0.717, 1.165) is 37.9 Å². The summed E-state index contributed by atoms with van der Waals surface area (Å²) in [6, 6.07) is 12.6. The Morgan fingerprint density at radius 3 is 2.07 bits per heavy atom. The van der Waals surface area contributed by atoms with Gasteiger partial charge in [0.15, 0.2) is 0 Å². The Labute approximate surface area is 170 Å². The molecule has 1 aromatic heterocycles. The van der Waals surface area contributed by atoms with Gasteiger partial charge >= 0.3 is 112 Å². The number of hydrogen-bond acceptors (Lipinski definition) is 2. The molecule has 0 bridgehead atoms. The van der Waals surface area contributed by atoms with Gasteiger partial charge in [-0.15, -0.1) is 0 Å². The van der Waals surface area contributed by atoms with Gasteiger partial charge in [0.2, 0.25) is 0 Å². The standard InChI is InChI=1S/C11H10F3N3.C7H8ClN.Pt/c1-17-7-15-10(16-17)6-8-2-4-9(5-3-8)11(12,13)14;8-7-3-1-6(5-9)2-4-7;/h2-5H,6H2,1H3,(H,15,16);1-4H,5,9H2;. The molecule has 3 rings (SSSR count). The van der Waals surface area contributed by atoms with E-state index < -0.39 is 11.7 Å². The molecular formula is C18H18ClF3N4Pt. The van der Waals surface area contributed by atoms with E-state index in [2.05, 4.69) is 29.4 Å². The van der Waals surface area contributed by atoms with Crippen molar-refractivity contribution in [3.05, 3.63) is 79.9 Å². The van der Waals surface area contributed by atoms with Gasteiger partial charge in [0.05, 0.1) is 0 Å². The van der Waals surface area contributed by atoms with Crippen LogP contribution in [-0.2, 0) is 45.5 Å². The van der Waals surface area contributed by atoms with Gasteiger partial charge < -0.3 is 5.73 Å². The third kappa shape index (κ3) is 6.76.